The number of rotatable bonds is 4. The Bertz CT molecular complexity index is 236. The van der Waals surface area contributed by atoms with E-state index < -0.39 is 0 Å². The first kappa shape index (κ1) is 10.6. The van der Waals surface area contributed by atoms with Gasteiger partial charge in [0.1, 0.15) is 0 Å². The van der Waals surface area contributed by atoms with Crippen LogP contribution in [0.1, 0.15) is 31.4 Å². The smallest absolute Gasteiger partial charge is 0.0474 e. The molecule has 0 bridgehead atoms. The first-order chi connectivity index (χ1) is 6.22. The maximum atomic E-state index is 5.71. The van der Waals surface area contributed by atoms with Crippen LogP contribution in [0.15, 0.2) is 24.3 Å². The molecule has 0 heterocycles. The van der Waals surface area contributed by atoms with Crippen molar-refractivity contribution in [1.29, 1.82) is 0 Å². The maximum absolute atomic E-state index is 5.71. The van der Waals surface area contributed by atoms with Gasteiger partial charge in [-0.1, -0.05) is 38.1 Å². The molecule has 0 unspecified atom stereocenters. The van der Waals surface area contributed by atoms with Crippen LogP contribution in [0.25, 0.3) is 0 Å². The lowest BCUT2D eigenvalue weighted by molar-refractivity contribution is 0.586. The van der Waals surface area contributed by atoms with Crippen LogP contribution in [-0.4, -0.2) is 0 Å². The van der Waals surface area contributed by atoms with Gasteiger partial charge in [0.05, 0.1) is 0 Å². The van der Waals surface area contributed by atoms with Crippen LogP contribution in [0.3, 0.4) is 0 Å². The van der Waals surface area contributed by atoms with E-state index in [1.807, 2.05) is 0 Å². The van der Waals surface area contributed by atoms with Gasteiger partial charge < -0.3 is 0 Å². The molecule has 0 aliphatic rings. The van der Waals surface area contributed by atoms with Crippen molar-refractivity contribution in [1.82, 2.24) is 0 Å². The lowest BCUT2D eigenvalue weighted by Crippen LogP contribution is -1.92. The second-order valence-corrected chi connectivity index (χ2v) is 4.15. The molecule has 0 spiro atoms. The number of hydrogen-bond acceptors (Lipinski definition) is 0. The Balaban J connectivity index is 2.49. The third-order valence-electron chi connectivity index (χ3n) is 2.19. The molecule has 13 heavy (non-hydrogen) atoms. The van der Waals surface area contributed by atoms with Gasteiger partial charge in [-0.05, 0) is 29.9 Å². The Morgan fingerprint density at radius 2 is 1.62 bits per heavy atom. The number of benzene rings is 1. The van der Waals surface area contributed by atoms with Crippen LogP contribution in [0, 0.1) is 5.92 Å². The average Bonchev–Trinajstić information content (AvgIpc) is 2.15. The first-order valence-electron chi connectivity index (χ1n) is 4.86. The van der Waals surface area contributed by atoms with Gasteiger partial charge in [-0.25, -0.2) is 0 Å². The molecule has 1 heteroatoms. The lowest BCUT2D eigenvalue weighted by atomic mass is 10.0. The Labute approximate surface area is 85.9 Å². The zero-order chi connectivity index (χ0) is 9.68. The van der Waals surface area contributed by atoms with E-state index in [1.54, 1.807) is 0 Å². The molecule has 0 atom stereocenters. The Hall–Kier alpha value is -0.490. The van der Waals surface area contributed by atoms with E-state index in [-0.39, 0.29) is 0 Å². The Kier molecular flexibility index (Phi) is 4.31. The van der Waals surface area contributed by atoms with E-state index in [0.29, 0.717) is 5.88 Å². The zero-order valence-electron chi connectivity index (χ0n) is 8.39. The highest BCUT2D eigenvalue weighted by Gasteiger charge is 1.96. The minimum atomic E-state index is 0.616. The van der Waals surface area contributed by atoms with Gasteiger partial charge in [0.15, 0.2) is 0 Å². The lowest BCUT2D eigenvalue weighted by Gasteiger charge is -2.04. The number of alkyl halides is 1. The van der Waals surface area contributed by atoms with Crippen molar-refractivity contribution in [3.05, 3.63) is 35.4 Å². The monoisotopic (exact) mass is 196 g/mol. The van der Waals surface area contributed by atoms with Crippen molar-refractivity contribution in [3.8, 4) is 0 Å². The predicted molar refractivity (Wildman–Crippen MR) is 59.2 cm³/mol. The van der Waals surface area contributed by atoms with Crippen molar-refractivity contribution >= 4 is 11.6 Å². The van der Waals surface area contributed by atoms with E-state index in [2.05, 4.69) is 38.1 Å². The van der Waals surface area contributed by atoms with Crippen LogP contribution < -0.4 is 0 Å². The van der Waals surface area contributed by atoms with Crippen LogP contribution in [0.5, 0.6) is 0 Å². The first-order valence-corrected chi connectivity index (χ1v) is 5.39. The molecule has 0 aliphatic heterocycles. The van der Waals surface area contributed by atoms with Gasteiger partial charge in [-0.15, -0.1) is 11.6 Å². The number of aryl methyl sites for hydroxylation is 1. The van der Waals surface area contributed by atoms with E-state index in [0.717, 1.165) is 5.92 Å². The summed E-state index contributed by atoms with van der Waals surface area (Å²) in [7, 11) is 0. The van der Waals surface area contributed by atoms with Crippen molar-refractivity contribution < 1.29 is 0 Å². The third-order valence-corrected chi connectivity index (χ3v) is 2.50. The van der Waals surface area contributed by atoms with E-state index in [4.69, 9.17) is 11.6 Å². The van der Waals surface area contributed by atoms with E-state index >= 15 is 0 Å². The molecule has 0 nitrogen and oxygen atoms in total. The van der Waals surface area contributed by atoms with Crippen molar-refractivity contribution in [2.24, 2.45) is 5.92 Å². The predicted octanol–water partition coefficient (Wildman–Crippen LogP) is 4.01. The normalized spacial score (nSPS) is 10.8. The second-order valence-electron chi connectivity index (χ2n) is 3.88. The van der Waals surface area contributed by atoms with E-state index in [9.17, 15) is 0 Å². The summed E-state index contributed by atoms with van der Waals surface area (Å²) in [5.74, 6) is 1.40. The summed E-state index contributed by atoms with van der Waals surface area (Å²) in [6, 6.07) is 8.59. The average molecular weight is 197 g/mol. The fourth-order valence-corrected chi connectivity index (χ4v) is 1.43. The standard InChI is InChI=1S/C12H17Cl/c1-10(2)3-4-11-5-7-12(9-13)8-6-11/h5-8,10H,3-4,9H2,1-2H3. The molecule has 1 aromatic carbocycles. The quantitative estimate of drug-likeness (QED) is 0.639. The van der Waals surface area contributed by atoms with Gasteiger partial charge in [0, 0.05) is 5.88 Å². The van der Waals surface area contributed by atoms with E-state index in [1.165, 1.54) is 24.0 Å². The van der Waals surface area contributed by atoms with Crippen molar-refractivity contribution in [2.75, 3.05) is 0 Å². The largest absolute Gasteiger partial charge is 0.122 e. The minimum Gasteiger partial charge on any atom is -0.122 e. The number of hydrogen-bond donors (Lipinski definition) is 0. The third kappa shape index (κ3) is 3.82. The summed E-state index contributed by atoms with van der Waals surface area (Å²) in [5, 5.41) is 0. The Morgan fingerprint density at radius 3 is 2.08 bits per heavy atom. The van der Waals surface area contributed by atoms with Gasteiger partial charge in [-0.2, -0.15) is 0 Å². The summed E-state index contributed by atoms with van der Waals surface area (Å²) in [6.07, 6.45) is 2.44. The molecule has 0 saturated carbocycles. The highest BCUT2D eigenvalue weighted by Crippen LogP contribution is 2.11. The molecule has 0 amide bonds. The molecule has 1 aromatic rings. The van der Waals surface area contributed by atoms with Gasteiger partial charge >= 0.3 is 0 Å². The minimum absolute atomic E-state index is 0.616. The SMILES string of the molecule is CC(C)CCc1ccc(CCl)cc1. The van der Waals surface area contributed by atoms with Gasteiger partial charge in [-0.3, -0.25) is 0 Å². The summed E-state index contributed by atoms with van der Waals surface area (Å²) in [6.45, 7) is 4.51. The molecule has 0 fully saturated rings. The highest BCUT2D eigenvalue weighted by molar-refractivity contribution is 6.17. The van der Waals surface area contributed by atoms with Gasteiger partial charge in [0.25, 0.3) is 0 Å². The highest BCUT2D eigenvalue weighted by atomic mass is 35.5. The molecular weight excluding hydrogens is 180 g/mol. The van der Waals surface area contributed by atoms with Crippen LogP contribution in [0.4, 0.5) is 0 Å². The fourth-order valence-electron chi connectivity index (χ4n) is 1.25. The molecule has 0 N–H and O–H groups in total. The fraction of sp³-hybridized carbons (Fsp3) is 0.500. The topological polar surface area (TPSA) is 0 Å². The van der Waals surface area contributed by atoms with Crippen molar-refractivity contribution in [2.45, 2.75) is 32.6 Å². The molecule has 0 saturated heterocycles. The summed E-state index contributed by atoms with van der Waals surface area (Å²) >= 11 is 5.71. The maximum Gasteiger partial charge on any atom is 0.0474 e. The van der Waals surface area contributed by atoms with Crippen LogP contribution in [0.2, 0.25) is 0 Å². The number of halogens is 1. The summed E-state index contributed by atoms with van der Waals surface area (Å²) in [5.41, 5.74) is 2.62. The second kappa shape index (κ2) is 5.29. The van der Waals surface area contributed by atoms with Crippen molar-refractivity contribution in [3.63, 3.8) is 0 Å². The molecular formula is C12H17Cl. The molecule has 0 aliphatic carbocycles. The molecule has 0 aromatic heterocycles. The van der Waals surface area contributed by atoms with Crippen LogP contribution in [-0.2, 0) is 12.3 Å². The Morgan fingerprint density at radius 1 is 1.08 bits per heavy atom. The summed E-state index contributed by atoms with van der Waals surface area (Å²) < 4.78 is 0. The zero-order valence-corrected chi connectivity index (χ0v) is 9.14. The molecule has 1 rings (SSSR count). The molecule has 72 valence electrons. The van der Waals surface area contributed by atoms with Gasteiger partial charge in [0.2, 0.25) is 0 Å². The van der Waals surface area contributed by atoms with Crippen LogP contribution >= 0.6 is 11.6 Å². The summed E-state index contributed by atoms with van der Waals surface area (Å²) in [4.78, 5) is 0. The molecule has 0 radical (unpaired) electrons.